The molecule has 1 aliphatic carbocycles. The fourth-order valence-corrected chi connectivity index (χ4v) is 4.59. The molecule has 0 spiro atoms. The molecule has 158 valence electrons. The molecular formula is C21H27N7OS. The zero-order chi connectivity index (χ0) is 21.1. The second-order valence-electron chi connectivity index (χ2n) is 7.73. The van der Waals surface area contributed by atoms with Crippen molar-refractivity contribution in [2.45, 2.75) is 38.6 Å². The molecule has 0 atom stereocenters. The van der Waals surface area contributed by atoms with Crippen molar-refractivity contribution in [1.82, 2.24) is 25.1 Å². The summed E-state index contributed by atoms with van der Waals surface area (Å²) in [6, 6.07) is 2.27. The molecule has 9 heteroatoms. The van der Waals surface area contributed by atoms with E-state index in [-0.39, 0.29) is 11.9 Å². The first-order valence-electron chi connectivity index (χ1n) is 10.2. The van der Waals surface area contributed by atoms with Gasteiger partial charge >= 0.3 is 0 Å². The van der Waals surface area contributed by atoms with E-state index in [1.807, 2.05) is 30.1 Å². The summed E-state index contributed by atoms with van der Waals surface area (Å²) in [5.74, 6) is 1.90. The topological polar surface area (TPSA) is 96.8 Å². The van der Waals surface area contributed by atoms with Gasteiger partial charge in [0, 0.05) is 19.6 Å². The lowest BCUT2D eigenvalue weighted by atomic mass is 9.86. The second-order valence-corrected chi connectivity index (χ2v) is 8.65. The van der Waals surface area contributed by atoms with Gasteiger partial charge in [-0.1, -0.05) is 6.58 Å². The maximum Gasteiger partial charge on any atom is 0.243 e. The largest absolute Gasteiger partial charge is 0.368 e. The van der Waals surface area contributed by atoms with Gasteiger partial charge in [0.15, 0.2) is 0 Å². The Bertz CT molecular complexity index is 1050. The fourth-order valence-electron chi connectivity index (χ4n) is 3.79. The number of hydrogen-bond donors (Lipinski definition) is 3. The maximum absolute atomic E-state index is 11.5. The zero-order valence-corrected chi connectivity index (χ0v) is 18.1. The summed E-state index contributed by atoms with van der Waals surface area (Å²) >= 11 is 1.64. The van der Waals surface area contributed by atoms with E-state index in [1.54, 1.807) is 17.5 Å². The Morgan fingerprint density at radius 2 is 2.13 bits per heavy atom. The third-order valence-corrected chi connectivity index (χ3v) is 6.63. The van der Waals surface area contributed by atoms with E-state index in [9.17, 15) is 4.79 Å². The normalized spacial score (nSPS) is 18.9. The number of aryl methyl sites for hydroxylation is 1. The van der Waals surface area contributed by atoms with E-state index in [0.717, 1.165) is 59.6 Å². The predicted octanol–water partition coefficient (Wildman–Crippen LogP) is 3.75. The average Bonchev–Trinajstić information content (AvgIpc) is 3.35. The van der Waals surface area contributed by atoms with Crippen molar-refractivity contribution in [2.75, 3.05) is 17.2 Å². The minimum Gasteiger partial charge on any atom is -0.368 e. The van der Waals surface area contributed by atoms with Gasteiger partial charge in [-0.15, -0.1) is 11.3 Å². The summed E-state index contributed by atoms with van der Waals surface area (Å²) in [4.78, 5) is 20.9. The molecule has 0 radical (unpaired) electrons. The lowest BCUT2D eigenvalue weighted by Gasteiger charge is -2.29. The Balaban J connectivity index is 1.41. The first-order valence-corrected chi connectivity index (χ1v) is 11.1. The van der Waals surface area contributed by atoms with Crippen LogP contribution < -0.4 is 16.0 Å². The quantitative estimate of drug-likeness (QED) is 0.499. The number of amides is 1. The van der Waals surface area contributed by atoms with Crippen molar-refractivity contribution >= 4 is 44.9 Å². The van der Waals surface area contributed by atoms with Gasteiger partial charge in [-0.05, 0) is 56.0 Å². The van der Waals surface area contributed by atoms with E-state index < -0.39 is 0 Å². The van der Waals surface area contributed by atoms with Crippen molar-refractivity contribution in [3.8, 4) is 0 Å². The highest BCUT2D eigenvalue weighted by Gasteiger charge is 2.22. The summed E-state index contributed by atoms with van der Waals surface area (Å²) in [7, 11) is 1.91. The molecule has 3 aromatic heterocycles. The van der Waals surface area contributed by atoms with Crippen LogP contribution in [0.25, 0.3) is 10.2 Å². The highest BCUT2D eigenvalue weighted by Crippen LogP contribution is 2.30. The zero-order valence-electron chi connectivity index (χ0n) is 17.3. The van der Waals surface area contributed by atoms with Crippen molar-refractivity contribution in [2.24, 2.45) is 13.0 Å². The second kappa shape index (κ2) is 8.83. The minimum absolute atomic E-state index is 0.0819. The molecule has 1 amide bonds. The average molecular weight is 426 g/mol. The Morgan fingerprint density at radius 3 is 2.83 bits per heavy atom. The van der Waals surface area contributed by atoms with Crippen LogP contribution in [0.4, 0.5) is 17.5 Å². The maximum atomic E-state index is 11.5. The molecular weight excluding hydrogens is 398 g/mol. The number of fused-ring (bicyclic) bond motifs is 1. The lowest BCUT2D eigenvalue weighted by molar-refractivity contribution is -0.117. The van der Waals surface area contributed by atoms with Gasteiger partial charge in [-0.2, -0.15) is 10.1 Å². The molecule has 3 heterocycles. The van der Waals surface area contributed by atoms with Crippen LogP contribution in [0.15, 0.2) is 30.3 Å². The molecule has 0 aromatic carbocycles. The SMILES string of the molecule is C=CC(=O)NC1CCC(CNc2nc(Nc3cnn(C)c3C)nc3ccsc23)CC1. The van der Waals surface area contributed by atoms with E-state index in [0.29, 0.717) is 11.9 Å². The Kier molecular flexibility index (Phi) is 5.98. The molecule has 3 N–H and O–H groups in total. The first-order chi connectivity index (χ1) is 14.5. The standard InChI is InChI=1S/C21H27N7OS/c1-4-18(29)24-15-7-5-14(6-8-15)11-22-20-19-16(9-10-30-19)25-21(27-20)26-17-12-23-28(3)13(17)2/h4,9-10,12,14-15H,1,5-8,11H2,2-3H3,(H,24,29)(H2,22,25,26,27). The Hall–Kier alpha value is -2.94. The number of rotatable bonds is 7. The number of hydrogen-bond acceptors (Lipinski definition) is 7. The summed E-state index contributed by atoms with van der Waals surface area (Å²) in [5.41, 5.74) is 2.86. The lowest BCUT2D eigenvalue weighted by Crippen LogP contribution is -2.37. The minimum atomic E-state index is -0.0819. The van der Waals surface area contributed by atoms with Crippen molar-refractivity contribution in [1.29, 1.82) is 0 Å². The van der Waals surface area contributed by atoms with Crippen LogP contribution in [0.3, 0.4) is 0 Å². The number of carbonyl (C=O) groups is 1. The molecule has 30 heavy (non-hydrogen) atoms. The number of nitrogens with one attached hydrogen (secondary N) is 3. The van der Waals surface area contributed by atoms with Gasteiger partial charge in [0.25, 0.3) is 0 Å². The molecule has 0 saturated heterocycles. The molecule has 0 bridgehead atoms. The Labute approximate surface area is 179 Å². The van der Waals surface area contributed by atoms with Crippen LogP contribution in [-0.2, 0) is 11.8 Å². The van der Waals surface area contributed by atoms with Gasteiger partial charge < -0.3 is 16.0 Å². The van der Waals surface area contributed by atoms with Crippen molar-refractivity contribution < 1.29 is 4.79 Å². The summed E-state index contributed by atoms with van der Waals surface area (Å²) in [5, 5.41) is 16.2. The van der Waals surface area contributed by atoms with Gasteiger partial charge in [-0.3, -0.25) is 9.48 Å². The monoisotopic (exact) mass is 425 g/mol. The number of aromatic nitrogens is 4. The van der Waals surface area contributed by atoms with Crippen LogP contribution >= 0.6 is 11.3 Å². The molecule has 0 unspecified atom stereocenters. The molecule has 3 aromatic rings. The van der Waals surface area contributed by atoms with Crippen molar-refractivity contribution in [3.05, 3.63) is 36.0 Å². The van der Waals surface area contributed by atoms with Gasteiger partial charge in [-0.25, -0.2) is 4.98 Å². The summed E-state index contributed by atoms with van der Waals surface area (Å²) < 4.78 is 2.88. The smallest absolute Gasteiger partial charge is 0.243 e. The number of anilines is 3. The molecule has 0 aliphatic heterocycles. The molecule has 1 aliphatic rings. The highest BCUT2D eigenvalue weighted by atomic mass is 32.1. The molecule has 1 saturated carbocycles. The molecule has 4 rings (SSSR count). The van der Waals surface area contributed by atoms with E-state index in [2.05, 4.69) is 32.6 Å². The van der Waals surface area contributed by atoms with Crippen LogP contribution in [0.1, 0.15) is 31.4 Å². The molecule has 1 fully saturated rings. The third-order valence-electron chi connectivity index (χ3n) is 5.72. The number of carbonyl (C=O) groups excluding carboxylic acids is 1. The summed E-state index contributed by atoms with van der Waals surface area (Å²) in [6.07, 6.45) is 7.27. The highest BCUT2D eigenvalue weighted by molar-refractivity contribution is 7.17. The summed E-state index contributed by atoms with van der Waals surface area (Å²) in [6.45, 7) is 6.38. The van der Waals surface area contributed by atoms with E-state index >= 15 is 0 Å². The fraction of sp³-hybridized carbons (Fsp3) is 0.429. The predicted molar refractivity (Wildman–Crippen MR) is 121 cm³/mol. The van der Waals surface area contributed by atoms with Gasteiger partial charge in [0.05, 0.1) is 27.8 Å². The number of nitrogens with zero attached hydrogens (tertiary/aromatic N) is 4. The Morgan fingerprint density at radius 1 is 1.33 bits per heavy atom. The van der Waals surface area contributed by atoms with Crippen LogP contribution in [0, 0.1) is 12.8 Å². The van der Waals surface area contributed by atoms with Crippen LogP contribution in [0.5, 0.6) is 0 Å². The van der Waals surface area contributed by atoms with E-state index in [1.165, 1.54) is 6.08 Å². The van der Waals surface area contributed by atoms with E-state index in [4.69, 9.17) is 4.98 Å². The van der Waals surface area contributed by atoms with Crippen LogP contribution in [0.2, 0.25) is 0 Å². The first kappa shape index (κ1) is 20.3. The van der Waals surface area contributed by atoms with Gasteiger partial charge in [0.2, 0.25) is 11.9 Å². The van der Waals surface area contributed by atoms with Gasteiger partial charge in [0.1, 0.15) is 5.82 Å². The number of thiophene rings is 1. The molecule has 8 nitrogen and oxygen atoms in total. The van der Waals surface area contributed by atoms with Crippen LogP contribution in [-0.4, -0.2) is 38.2 Å². The third kappa shape index (κ3) is 4.46. The van der Waals surface area contributed by atoms with Crippen molar-refractivity contribution in [3.63, 3.8) is 0 Å².